The lowest BCUT2D eigenvalue weighted by atomic mass is 9.97. The van der Waals surface area contributed by atoms with Crippen molar-refractivity contribution in [1.82, 2.24) is 5.32 Å². The second-order valence-corrected chi connectivity index (χ2v) is 6.07. The lowest BCUT2D eigenvalue weighted by Crippen LogP contribution is -2.36. The molecule has 1 aromatic rings. The van der Waals surface area contributed by atoms with Crippen LogP contribution in [-0.2, 0) is 6.42 Å². The van der Waals surface area contributed by atoms with Crippen LogP contribution >= 0.6 is 0 Å². The highest BCUT2D eigenvalue weighted by Crippen LogP contribution is 2.32. The molecule has 2 N–H and O–H groups in total. The van der Waals surface area contributed by atoms with Crippen LogP contribution in [0.5, 0.6) is 5.75 Å². The Morgan fingerprint density at radius 1 is 1.40 bits per heavy atom. The average molecular weight is 275 g/mol. The Balaban J connectivity index is 1.73. The van der Waals surface area contributed by atoms with Crippen LogP contribution in [0.25, 0.3) is 0 Å². The Hall–Kier alpha value is -1.06. The first kappa shape index (κ1) is 13.9. The third-order valence-corrected chi connectivity index (χ3v) is 4.83. The van der Waals surface area contributed by atoms with Gasteiger partial charge in [-0.1, -0.05) is 25.5 Å². The van der Waals surface area contributed by atoms with Crippen LogP contribution in [0.3, 0.4) is 0 Å². The second-order valence-electron chi connectivity index (χ2n) is 6.07. The minimum atomic E-state index is 0.312. The van der Waals surface area contributed by atoms with Crippen molar-refractivity contribution in [3.05, 3.63) is 29.3 Å². The van der Waals surface area contributed by atoms with Gasteiger partial charge in [-0.25, -0.2) is 0 Å². The fourth-order valence-corrected chi connectivity index (χ4v) is 3.61. The van der Waals surface area contributed by atoms with Gasteiger partial charge in [-0.05, 0) is 42.4 Å². The number of benzene rings is 1. The van der Waals surface area contributed by atoms with E-state index < -0.39 is 0 Å². The summed E-state index contributed by atoms with van der Waals surface area (Å²) >= 11 is 0. The van der Waals surface area contributed by atoms with E-state index in [2.05, 4.69) is 30.4 Å². The minimum Gasteiger partial charge on any atom is -0.493 e. The summed E-state index contributed by atoms with van der Waals surface area (Å²) in [6, 6.07) is 7.45. The summed E-state index contributed by atoms with van der Waals surface area (Å²) in [5.41, 5.74) is 2.70. The first-order valence-corrected chi connectivity index (χ1v) is 7.94. The maximum atomic E-state index is 9.46. The molecule has 0 bridgehead atoms. The van der Waals surface area contributed by atoms with Gasteiger partial charge in [0.1, 0.15) is 5.75 Å². The lowest BCUT2D eigenvalue weighted by molar-refractivity contribution is 0.198. The molecule has 1 fully saturated rings. The molecule has 1 aliphatic carbocycles. The molecular weight excluding hydrogens is 250 g/mol. The summed E-state index contributed by atoms with van der Waals surface area (Å²) in [5, 5.41) is 13.2. The average Bonchev–Trinajstić information content (AvgIpc) is 3.12. The molecule has 0 amide bonds. The number of aliphatic hydroxyl groups excluding tert-OH is 1. The molecule has 0 aromatic heterocycles. The van der Waals surface area contributed by atoms with Gasteiger partial charge in [0.15, 0.2) is 0 Å². The van der Waals surface area contributed by atoms with Crippen molar-refractivity contribution in [3.8, 4) is 5.75 Å². The quantitative estimate of drug-likeness (QED) is 0.868. The number of ether oxygens (including phenoxy) is 1. The van der Waals surface area contributed by atoms with Crippen LogP contribution in [0.1, 0.15) is 49.8 Å². The third kappa shape index (κ3) is 2.70. The molecule has 3 rings (SSSR count). The number of rotatable bonds is 5. The monoisotopic (exact) mass is 275 g/mol. The molecule has 110 valence electrons. The van der Waals surface area contributed by atoms with Crippen molar-refractivity contribution in [1.29, 1.82) is 0 Å². The van der Waals surface area contributed by atoms with E-state index in [1.165, 1.54) is 24.0 Å². The van der Waals surface area contributed by atoms with Crippen molar-refractivity contribution < 1.29 is 9.84 Å². The van der Waals surface area contributed by atoms with Crippen molar-refractivity contribution in [2.24, 2.45) is 5.92 Å². The van der Waals surface area contributed by atoms with Crippen molar-refractivity contribution in [2.45, 2.75) is 51.1 Å². The summed E-state index contributed by atoms with van der Waals surface area (Å²) in [6.07, 6.45) is 5.69. The van der Waals surface area contributed by atoms with Crippen LogP contribution in [0.2, 0.25) is 0 Å². The Kier molecular flexibility index (Phi) is 4.27. The second kappa shape index (κ2) is 6.15. The standard InChI is InChI=1S/C17H25NO2/c1-2-15(18-16-5-3-4-14(16)11-19)12-6-7-17-13(10-12)8-9-20-17/h6-7,10,14-16,18-19H,2-5,8-9,11H2,1H3. The molecule has 20 heavy (non-hydrogen) atoms. The van der Waals surface area contributed by atoms with Gasteiger partial charge in [-0.15, -0.1) is 0 Å². The van der Waals surface area contributed by atoms with Gasteiger partial charge < -0.3 is 15.2 Å². The van der Waals surface area contributed by atoms with E-state index in [4.69, 9.17) is 4.74 Å². The zero-order valence-corrected chi connectivity index (χ0v) is 12.3. The van der Waals surface area contributed by atoms with Gasteiger partial charge in [0.2, 0.25) is 0 Å². The van der Waals surface area contributed by atoms with Gasteiger partial charge >= 0.3 is 0 Å². The van der Waals surface area contributed by atoms with Crippen LogP contribution in [-0.4, -0.2) is 24.4 Å². The van der Waals surface area contributed by atoms with Crippen molar-refractivity contribution in [2.75, 3.05) is 13.2 Å². The molecule has 2 aliphatic rings. The van der Waals surface area contributed by atoms with E-state index in [0.29, 0.717) is 24.6 Å². The topological polar surface area (TPSA) is 41.5 Å². The normalized spacial score (nSPS) is 26.3. The Bertz CT molecular complexity index is 460. The summed E-state index contributed by atoms with van der Waals surface area (Å²) < 4.78 is 5.58. The number of nitrogens with one attached hydrogen (secondary N) is 1. The molecule has 3 atom stereocenters. The molecule has 1 aliphatic heterocycles. The molecule has 0 radical (unpaired) electrons. The van der Waals surface area contributed by atoms with Crippen molar-refractivity contribution >= 4 is 0 Å². The van der Waals surface area contributed by atoms with Crippen LogP contribution in [0.15, 0.2) is 18.2 Å². The first-order valence-electron chi connectivity index (χ1n) is 7.94. The SMILES string of the molecule is CCC(NC1CCCC1CO)c1ccc2c(c1)CCO2. The zero-order valence-electron chi connectivity index (χ0n) is 12.3. The van der Waals surface area contributed by atoms with Crippen molar-refractivity contribution in [3.63, 3.8) is 0 Å². The van der Waals surface area contributed by atoms with Crippen LogP contribution in [0.4, 0.5) is 0 Å². The highest BCUT2D eigenvalue weighted by Gasteiger charge is 2.28. The highest BCUT2D eigenvalue weighted by atomic mass is 16.5. The Morgan fingerprint density at radius 2 is 2.30 bits per heavy atom. The lowest BCUT2D eigenvalue weighted by Gasteiger charge is -2.26. The third-order valence-electron chi connectivity index (χ3n) is 4.83. The number of hydrogen-bond acceptors (Lipinski definition) is 3. The largest absolute Gasteiger partial charge is 0.493 e. The summed E-state index contributed by atoms with van der Waals surface area (Å²) in [6.45, 7) is 3.36. The molecule has 3 unspecified atom stereocenters. The van der Waals surface area contributed by atoms with E-state index in [0.717, 1.165) is 31.6 Å². The maximum absolute atomic E-state index is 9.46. The van der Waals surface area contributed by atoms with Crippen LogP contribution < -0.4 is 10.1 Å². The summed E-state index contributed by atoms with van der Waals surface area (Å²) in [5.74, 6) is 1.49. The predicted octanol–water partition coefficient (Wildman–Crippen LogP) is 2.82. The molecule has 1 aromatic carbocycles. The number of aliphatic hydroxyl groups is 1. The molecule has 3 nitrogen and oxygen atoms in total. The van der Waals surface area contributed by atoms with E-state index in [9.17, 15) is 5.11 Å². The first-order chi connectivity index (χ1) is 9.81. The van der Waals surface area contributed by atoms with E-state index in [1.807, 2.05) is 0 Å². The Labute approximate surface area is 121 Å². The molecule has 1 saturated carbocycles. The van der Waals surface area contributed by atoms with Crippen LogP contribution in [0, 0.1) is 5.92 Å². The fraction of sp³-hybridized carbons (Fsp3) is 0.647. The van der Waals surface area contributed by atoms with Gasteiger partial charge in [0, 0.05) is 25.1 Å². The summed E-state index contributed by atoms with van der Waals surface area (Å²) in [7, 11) is 0. The van der Waals surface area contributed by atoms with Gasteiger partial charge in [0.25, 0.3) is 0 Å². The molecule has 1 heterocycles. The number of hydrogen-bond donors (Lipinski definition) is 2. The van der Waals surface area contributed by atoms with Gasteiger partial charge in [0.05, 0.1) is 6.61 Å². The van der Waals surface area contributed by atoms with E-state index in [1.54, 1.807) is 0 Å². The molecule has 3 heteroatoms. The fourth-order valence-electron chi connectivity index (χ4n) is 3.61. The molecule has 0 spiro atoms. The zero-order chi connectivity index (χ0) is 13.9. The highest BCUT2D eigenvalue weighted by molar-refractivity contribution is 5.40. The van der Waals surface area contributed by atoms with E-state index >= 15 is 0 Å². The molecule has 0 saturated heterocycles. The van der Waals surface area contributed by atoms with E-state index in [-0.39, 0.29) is 0 Å². The maximum Gasteiger partial charge on any atom is 0.122 e. The predicted molar refractivity (Wildman–Crippen MR) is 80.0 cm³/mol. The van der Waals surface area contributed by atoms with Gasteiger partial charge in [-0.3, -0.25) is 0 Å². The van der Waals surface area contributed by atoms with Gasteiger partial charge in [-0.2, -0.15) is 0 Å². The smallest absolute Gasteiger partial charge is 0.122 e. The number of fused-ring (bicyclic) bond motifs is 1. The molecular formula is C17H25NO2. The summed E-state index contributed by atoms with van der Waals surface area (Å²) in [4.78, 5) is 0. The minimum absolute atomic E-state index is 0.312. The Morgan fingerprint density at radius 3 is 3.10 bits per heavy atom.